The van der Waals surface area contributed by atoms with Gasteiger partial charge in [0.15, 0.2) is 0 Å². The average molecular weight is 259 g/mol. The molecular weight excluding hydrogens is 240 g/mol. The van der Waals surface area contributed by atoms with Gasteiger partial charge in [-0.25, -0.2) is 0 Å². The zero-order chi connectivity index (χ0) is 11.5. The van der Waals surface area contributed by atoms with Gasteiger partial charge in [-0.1, -0.05) is 6.92 Å². The standard InChI is InChI=1S/C12H18N2O2.ClH/c1-2-10-4-3-5-14(10)12(15)9-6-11(7-13)16-8-9;/h6,8,10H,2-5,7,13H2,1H3;1H. The lowest BCUT2D eigenvalue weighted by atomic mass is 10.1. The molecule has 2 heterocycles. The van der Waals surface area contributed by atoms with Gasteiger partial charge < -0.3 is 15.1 Å². The fourth-order valence-corrected chi connectivity index (χ4v) is 2.29. The molecule has 1 fully saturated rings. The minimum absolute atomic E-state index is 0. The molecule has 4 nitrogen and oxygen atoms in total. The number of carbonyl (C=O) groups excluding carboxylic acids is 1. The van der Waals surface area contributed by atoms with Crippen LogP contribution in [0.25, 0.3) is 0 Å². The van der Waals surface area contributed by atoms with Crippen LogP contribution in [-0.2, 0) is 6.54 Å². The van der Waals surface area contributed by atoms with Gasteiger partial charge >= 0.3 is 0 Å². The minimum Gasteiger partial charge on any atom is -0.467 e. The third-order valence-electron chi connectivity index (χ3n) is 3.21. The minimum atomic E-state index is 0. The van der Waals surface area contributed by atoms with Crippen LogP contribution in [0.3, 0.4) is 0 Å². The highest BCUT2D eigenvalue weighted by Gasteiger charge is 2.28. The Balaban J connectivity index is 0.00000144. The number of amides is 1. The summed E-state index contributed by atoms with van der Waals surface area (Å²) in [4.78, 5) is 14.1. The van der Waals surface area contributed by atoms with Crippen LogP contribution in [0.2, 0.25) is 0 Å². The van der Waals surface area contributed by atoms with Gasteiger partial charge in [0.1, 0.15) is 12.0 Å². The molecule has 1 aliphatic rings. The van der Waals surface area contributed by atoms with E-state index >= 15 is 0 Å². The van der Waals surface area contributed by atoms with Gasteiger partial charge in [0.25, 0.3) is 5.91 Å². The Morgan fingerprint density at radius 1 is 1.65 bits per heavy atom. The molecule has 2 N–H and O–H groups in total. The van der Waals surface area contributed by atoms with E-state index in [0.29, 0.717) is 23.9 Å². The molecule has 1 aromatic rings. The fourth-order valence-electron chi connectivity index (χ4n) is 2.29. The molecule has 1 unspecified atom stereocenters. The van der Waals surface area contributed by atoms with E-state index in [1.807, 2.05) is 4.90 Å². The van der Waals surface area contributed by atoms with E-state index in [9.17, 15) is 4.79 Å². The van der Waals surface area contributed by atoms with Crippen LogP contribution in [0.1, 0.15) is 42.3 Å². The summed E-state index contributed by atoms with van der Waals surface area (Å²) in [6.07, 6.45) is 4.75. The van der Waals surface area contributed by atoms with Crippen LogP contribution in [-0.4, -0.2) is 23.4 Å². The molecule has 0 saturated carbocycles. The Hall–Kier alpha value is -1.00. The number of nitrogens with two attached hydrogens (primary N) is 1. The summed E-state index contributed by atoms with van der Waals surface area (Å²) in [5.74, 6) is 0.739. The first-order valence-corrected chi connectivity index (χ1v) is 5.84. The second kappa shape index (κ2) is 6.07. The first-order chi connectivity index (χ1) is 7.76. The summed E-state index contributed by atoms with van der Waals surface area (Å²) >= 11 is 0. The molecule has 0 aliphatic carbocycles. The third kappa shape index (κ3) is 2.82. The number of likely N-dealkylation sites (tertiary alicyclic amines) is 1. The molecular formula is C12H19ClN2O2. The zero-order valence-corrected chi connectivity index (χ0v) is 10.8. The lowest BCUT2D eigenvalue weighted by Gasteiger charge is -2.22. The number of hydrogen-bond acceptors (Lipinski definition) is 3. The normalized spacial score (nSPS) is 19.2. The van der Waals surface area contributed by atoms with Crippen molar-refractivity contribution in [3.63, 3.8) is 0 Å². The van der Waals surface area contributed by atoms with Crippen LogP contribution in [0.15, 0.2) is 16.7 Å². The number of furan rings is 1. The maximum absolute atomic E-state index is 12.2. The summed E-state index contributed by atoms with van der Waals surface area (Å²) in [5.41, 5.74) is 6.08. The molecule has 1 aliphatic heterocycles. The Bertz CT molecular complexity index is 378. The summed E-state index contributed by atoms with van der Waals surface area (Å²) in [6.45, 7) is 3.32. The number of halogens is 1. The molecule has 1 aromatic heterocycles. The van der Waals surface area contributed by atoms with Crippen molar-refractivity contribution in [2.24, 2.45) is 5.73 Å². The van der Waals surface area contributed by atoms with E-state index in [2.05, 4.69) is 6.92 Å². The van der Waals surface area contributed by atoms with Crippen molar-refractivity contribution in [1.29, 1.82) is 0 Å². The van der Waals surface area contributed by atoms with Gasteiger partial charge in [0, 0.05) is 12.6 Å². The smallest absolute Gasteiger partial charge is 0.257 e. The van der Waals surface area contributed by atoms with E-state index in [4.69, 9.17) is 10.2 Å². The van der Waals surface area contributed by atoms with E-state index in [1.54, 1.807) is 6.07 Å². The lowest BCUT2D eigenvalue weighted by molar-refractivity contribution is 0.0733. The van der Waals surface area contributed by atoms with Crippen molar-refractivity contribution >= 4 is 18.3 Å². The van der Waals surface area contributed by atoms with Crippen LogP contribution < -0.4 is 5.73 Å². The Morgan fingerprint density at radius 3 is 3.00 bits per heavy atom. The number of hydrogen-bond donors (Lipinski definition) is 1. The third-order valence-corrected chi connectivity index (χ3v) is 3.21. The number of carbonyl (C=O) groups is 1. The molecule has 96 valence electrons. The molecule has 0 aromatic carbocycles. The summed E-state index contributed by atoms with van der Waals surface area (Å²) in [6, 6.07) is 2.14. The average Bonchev–Trinajstić information content (AvgIpc) is 2.96. The molecule has 1 atom stereocenters. The van der Waals surface area contributed by atoms with Crippen molar-refractivity contribution in [3.05, 3.63) is 23.7 Å². The van der Waals surface area contributed by atoms with E-state index in [0.717, 1.165) is 25.8 Å². The van der Waals surface area contributed by atoms with Crippen molar-refractivity contribution in [3.8, 4) is 0 Å². The highest BCUT2D eigenvalue weighted by atomic mass is 35.5. The van der Waals surface area contributed by atoms with Crippen LogP contribution in [0, 0.1) is 0 Å². The predicted molar refractivity (Wildman–Crippen MR) is 68.2 cm³/mol. The van der Waals surface area contributed by atoms with Crippen molar-refractivity contribution in [2.45, 2.75) is 38.8 Å². The lowest BCUT2D eigenvalue weighted by Crippen LogP contribution is -2.34. The molecule has 2 rings (SSSR count). The first-order valence-electron chi connectivity index (χ1n) is 5.84. The van der Waals surface area contributed by atoms with E-state index < -0.39 is 0 Å². The van der Waals surface area contributed by atoms with Crippen LogP contribution in [0.5, 0.6) is 0 Å². The van der Waals surface area contributed by atoms with Gasteiger partial charge in [0.05, 0.1) is 12.1 Å². The second-order valence-corrected chi connectivity index (χ2v) is 4.21. The molecule has 0 bridgehead atoms. The molecule has 5 heteroatoms. The van der Waals surface area contributed by atoms with E-state index in [-0.39, 0.29) is 18.3 Å². The molecule has 1 saturated heterocycles. The largest absolute Gasteiger partial charge is 0.467 e. The number of rotatable bonds is 3. The van der Waals surface area contributed by atoms with Crippen LogP contribution in [0.4, 0.5) is 0 Å². The molecule has 0 radical (unpaired) electrons. The molecule has 1 amide bonds. The summed E-state index contributed by atoms with van der Waals surface area (Å²) in [5, 5.41) is 0. The molecule has 0 spiro atoms. The quantitative estimate of drug-likeness (QED) is 0.904. The van der Waals surface area contributed by atoms with Gasteiger partial charge in [0.2, 0.25) is 0 Å². The highest BCUT2D eigenvalue weighted by Crippen LogP contribution is 2.22. The monoisotopic (exact) mass is 258 g/mol. The summed E-state index contributed by atoms with van der Waals surface area (Å²) in [7, 11) is 0. The topological polar surface area (TPSA) is 59.5 Å². The maximum Gasteiger partial charge on any atom is 0.257 e. The van der Waals surface area contributed by atoms with Gasteiger partial charge in [-0.3, -0.25) is 4.79 Å². The van der Waals surface area contributed by atoms with Crippen molar-refractivity contribution in [1.82, 2.24) is 4.90 Å². The number of nitrogens with zero attached hydrogens (tertiary/aromatic N) is 1. The van der Waals surface area contributed by atoms with Gasteiger partial charge in [-0.15, -0.1) is 12.4 Å². The first kappa shape index (κ1) is 14.1. The SMILES string of the molecule is CCC1CCCN1C(=O)c1coc(CN)c1.Cl. The predicted octanol–water partition coefficient (Wildman–Crippen LogP) is 2.17. The van der Waals surface area contributed by atoms with Crippen molar-refractivity contribution < 1.29 is 9.21 Å². The highest BCUT2D eigenvalue weighted by molar-refractivity contribution is 5.94. The van der Waals surface area contributed by atoms with Crippen molar-refractivity contribution in [2.75, 3.05) is 6.54 Å². The van der Waals surface area contributed by atoms with Gasteiger partial charge in [-0.2, -0.15) is 0 Å². The summed E-state index contributed by atoms with van der Waals surface area (Å²) < 4.78 is 5.19. The van der Waals surface area contributed by atoms with Crippen LogP contribution >= 0.6 is 12.4 Å². The maximum atomic E-state index is 12.2. The molecule has 17 heavy (non-hydrogen) atoms. The second-order valence-electron chi connectivity index (χ2n) is 4.21. The van der Waals surface area contributed by atoms with Gasteiger partial charge in [-0.05, 0) is 25.3 Å². The van der Waals surface area contributed by atoms with E-state index in [1.165, 1.54) is 6.26 Å². The Labute approximate surface area is 108 Å². The fraction of sp³-hybridized carbons (Fsp3) is 0.583. The Morgan fingerprint density at radius 2 is 2.41 bits per heavy atom. The Kier molecular flexibility index (Phi) is 5.02. The zero-order valence-electron chi connectivity index (χ0n) is 10.0.